The molecule has 5 aliphatic rings. The number of aromatic nitrogens is 4. The number of benzene rings is 1. The lowest BCUT2D eigenvalue weighted by Crippen LogP contribution is -2.70. The van der Waals surface area contributed by atoms with E-state index >= 15 is 0 Å². The molecule has 3 saturated carbocycles. The Hall–Kier alpha value is -2.24. The van der Waals surface area contributed by atoms with Gasteiger partial charge in [-0.3, -0.25) is 4.90 Å². The minimum Gasteiger partial charge on any atom is -0.389 e. The van der Waals surface area contributed by atoms with Crippen LogP contribution in [-0.2, 0) is 10.3 Å². The molecule has 3 aromatic rings. The molecule has 36 heavy (non-hydrogen) atoms. The minimum atomic E-state index is -1.03. The normalized spacial score (nSPS) is 31.9. The van der Waals surface area contributed by atoms with Crippen LogP contribution < -0.4 is 10.2 Å². The summed E-state index contributed by atoms with van der Waals surface area (Å²) < 4.78 is 21.1. The number of anilines is 3. The van der Waals surface area contributed by atoms with Crippen LogP contribution in [0.2, 0.25) is 10.2 Å². The zero-order chi connectivity index (χ0) is 24.7. The number of hydrogen-bond donors (Lipinski definition) is 2. The van der Waals surface area contributed by atoms with Crippen molar-refractivity contribution in [2.24, 2.45) is 0 Å². The molecule has 2 atom stereocenters. The average molecular weight is 534 g/mol. The van der Waals surface area contributed by atoms with Crippen LogP contribution in [0.25, 0.3) is 10.9 Å². The van der Waals surface area contributed by atoms with E-state index < -0.39 is 11.8 Å². The van der Waals surface area contributed by atoms with E-state index in [-0.39, 0.29) is 11.6 Å². The molecule has 0 radical (unpaired) electrons. The summed E-state index contributed by atoms with van der Waals surface area (Å²) in [4.78, 5) is 13.7. The predicted octanol–water partition coefficient (Wildman–Crippen LogP) is 3.36. The molecule has 2 saturated heterocycles. The third-order valence-electron chi connectivity index (χ3n) is 8.14. The number of nitrogens with one attached hydrogen (secondary N) is 1. The number of aliphatic hydroxyl groups is 1. The number of hydrogen-bond acceptors (Lipinski definition) is 8. The lowest BCUT2D eigenvalue weighted by atomic mass is 9.47. The molecule has 8 rings (SSSR count). The van der Waals surface area contributed by atoms with Crippen LogP contribution in [0.4, 0.5) is 21.7 Å². The summed E-state index contributed by atoms with van der Waals surface area (Å²) in [5.41, 5.74) is 0.969. The summed E-state index contributed by atoms with van der Waals surface area (Å²) in [6.07, 6.45) is 4.36. The van der Waals surface area contributed by atoms with E-state index in [9.17, 15) is 9.50 Å². The monoisotopic (exact) mass is 533 g/mol. The quantitative estimate of drug-likeness (QED) is 0.515. The fourth-order valence-corrected chi connectivity index (χ4v) is 6.84. The van der Waals surface area contributed by atoms with Crippen molar-refractivity contribution in [3.8, 4) is 0 Å². The number of rotatable bonds is 5. The third-order valence-corrected chi connectivity index (χ3v) is 8.80. The molecular weight excluding hydrogens is 508 g/mol. The molecular formula is C24H26Cl2FN7O2. The second-order valence-electron chi connectivity index (χ2n) is 10.5. The number of halogens is 3. The summed E-state index contributed by atoms with van der Waals surface area (Å²) >= 11 is 13.2. The summed E-state index contributed by atoms with van der Waals surface area (Å²) in [6.45, 7) is 4.21. The van der Waals surface area contributed by atoms with E-state index in [1.165, 1.54) is 0 Å². The van der Waals surface area contributed by atoms with Crippen molar-refractivity contribution in [3.63, 3.8) is 0 Å². The molecule has 3 aliphatic carbocycles. The Morgan fingerprint density at radius 3 is 2.56 bits per heavy atom. The van der Waals surface area contributed by atoms with Gasteiger partial charge in [0.1, 0.15) is 5.67 Å². The minimum absolute atomic E-state index is 0.0597. The van der Waals surface area contributed by atoms with Gasteiger partial charge >= 0.3 is 0 Å². The molecule has 2 unspecified atom stereocenters. The first-order chi connectivity index (χ1) is 17.3. The predicted molar refractivity (Wildman–Crippen MR) is 135 cm³/mol. The van der Waals surface area contributed by atoms with Gasteiger partial charge in [-0.2, -0.15) is 5.10 Å². The van der Waals surface area contributed by atoms with Crippen LogP contribution in [-0.4, -0.2) is 87.0 Å². The Labute approximate surface area is 217 Å². The van der Waals surface area contributed by atoms with Crippen LogP contribution in [0.3, 0.4) is 0 Å². The second kappa shape index (κ2) is 8.13. The molecule has 0 spiro atoms. The van der Waals surface area contributed by atoms with Gasteiger partial charge in [-0.25, -0.2) is 19.0 Å². The number of fused-ring (bicyclic) bond motifs is 1. The zero-order valence-corrected chi connectivity index (χ0v) is 21.0. The molecule has 9 nitrogen and oxygen atoms in total. The first-order valence-electron chi connectivity index (χ1n) is 12.2. The van der Waals surface area contributed by atoms with Gasteiger partial charge in [0, 0.05) is 57.0 Å². The number of aliphatic hydroxyl groups excluding tert-OH is 1. The highest BCUT2D eigenvalue weighted by atomic mass is 35.5. The maximum atomic E-state index is 14.0. The molecule has 2 bridgehead atoms. The smallest absolute Gasteiger partial charge is 0.227 e. The Morgan fingerprint density at radius 2 is 1.86 bits per heavy atom. The van der Waals surface area contributed by atoms with Gasteiger partial charge in [-0.05, 0) is 12.1 Å². The van der Waals surface area contributed by atoms with Crippen molar-refractivity contribution in [1.29, 1.82) is 0 Å². The first-order valence-corrected chi connectivity index (χ1v) is 13.0. The first kappa shape index (κ1) is 22.9. The highest BCUT2D eigenvalue weighted by Gasteiger charge is 2.71. The summed E-state index contributed by atoms with van der Waals surface area (Å²) in [5.74, 6) is 0.400. The third kappa shape index (κ3) is 3.57. The largest absolute Gasteiger partial charge is 0.389 e. The zero-order valence-electron chi connectivity index (χ0n) is 19.5. The molecule has 5 fully saturated rings. The fourth-order valence-electron chi connectivity index (χ4n) is 6.22. The Morgan fingerprint density at radius 1 is 1.08 bits per heavy atom. The molecule has 0 amide bonds. The second-order valence-corrected chi connectivity index (χ2v) is 11.3. The van der Waals surface area contributed by atoms with Crippen molar-refractivity contribution in [2.75, 3.05) is 49.6 Å². The number of ether oxygens (including phenoxy) is 1. The molecule has 12 heteroatoms. The van der Waals surface area contributed by atoms with Gasteiger partial charge in [0.15, 0.2) is 5.15 Å². The average Bonchev–Trinajstić information content (AvgIpc) is 3.42. The topological polar surface area (TPSA) is 91.6 Å². The lowest BCUT2D eigenvalue weighted by molar-refractivity contribution is -0.203. The van der Waals surface area contributed by atoms with Gasteiger partial charge in [-0.15, -0.1) is 0 Å². The molecule has 2 N–H and O–H groups in total. The number of piperazine rings is 1. The van der Waals surface area contributed by atoms with Crippen molar-refractivity contribution in [3.05, 3.63) is 34.7 Å². The van der Waals surface area contributed by atoms with E-state index in [4.69, 9.17) is 32.9 Å². The van der Waals surface area contributed by atoms with Crippen molar-refractivity contribution < 1.29 is 14.2 Å². The molecule has 190 valence electrons. The van der Waals surface area contributed by atoms with Gasteiger partial charge in [0.2, 0.25) is 5.95 Å². The van der Waals surface area contributed by atoms with Gasteiger partial charge < -0.3 is 20.1 Å². The SMILES string of the molecule is OC1COCC1N1CCN(c2cc3nc(Nc4cnn(C56CC(F)(C5)C6)c4Cl)ncc3cc2Cl)CC1. The number of alkyl halides is 1. The van der Waals surface area contributed by atoms with E-state index in [0.29, 0.717) is 54.3 Å². The molecule has 2 aromatic heterocycles. The van der Waals surface area contributed by atoms with Gasteiger partial charge in [0.05, 0.1) is 59.0 Å². The Balaban J connectivity index is 1.09. The molecule has 2 aliphatic heterocycles. The van der Waals surface area contributed by atoms with E-state index in [0.717, 1.165) is 42.8 Å². The maximum Gasteiger partial charge on any atom is 0.227 e. The van der Waals surface area contributed by atoms with Gasteiger partial charge in [-0.1, -0.05) is 23.2 Å². The lowest BCUT2D eigenvalue weighted by Gasteiger charge is -2.65. The van der Waals surface area contributed by atoms with E-state index in [1.807, 2.05) is 12.1 Å². The van der Waals surface area contributed by atoms with Crippen molar-refractivity contribution in [2.45, 2.75) is 42.6 Å². The van der Waals surface area contributed by atoms with Crippen molar-refractivity contribution in [1.82, 2.24) is 24.6 Å². The van der Waals surface area contributed by atoms with Crippen LogP contribution in [0, 0.1) is 0 Å². The van der Waals surface area contributed by atoms with Crippen LogP contribution in [0.15, 0.2) is 24.5 Å². The molecule has 1 aromatic carbocycles. The van der Waals surface area contributed by atoms with Crippen LogP contribution >= 0.6 is 23.2 Å². The summed E-state index contributed by atoms with van der Waals surface area (Å²) in [6, 6.07) is 3.93. The standard InChI is InChI=1S/C24H26Cl2FN7O2/c25-15-5-14-7-28-22(31-17-8-29-34(21(17)26)24-11-23(27,12-24)13-24)30-16(14)6-18(15)32-1-3-33(4-2-32)19-9-36-10-20(19)35/h5-8,19-20,35H,1-4,9-13H2,(H,28,30,31). The van der Waals surface area contributed by atoms with Crippen molar-refractivity contribution >= 4 is 51.4 Å². The summed E-state index contributed by atoms with van der Waals surface area (Å²) in [5, 5.41) is 19.7. The Kier molecular flexibility index (Phi) is 5.17. The highest BCUT2D eigenvalue weighted by Crippen LogP contribution is 2.68. The fraction of sp³-hybridized carbons (Fsp3) is 0.542. The number of nitrogens with zero attached hydrogens (tertiary/aromatic N) is 6. The summed E-state index contributed by atoms with van der Waals surface area (Å²) in [7, 11) is 0. The Bertz CT molecular complexity index is 1330. The van der Waals surface area contributed by atoms with E-state index in [2.05, 4.69) is 25.2 Å². The van der Waals surface area contributed by atoms with E-state index in [1.54, 1.807) is 17.1 Å². The maximum absolute atomic E-state index is 14.0. The van der Waals surface area contributed by atoms with Crippen LogP contribution in [0.5, 0.6) is 0 Å². The van der Waals surface area contributed by atoms with Gasteiger partial charge in [0.25, 0.3) is 0 Å². The van der Waals surface area contributed by atoms with Crippen LogP contribution in [0.1, 0.15) is 19.3 Å². The molecule has 4 heterocycles. The highest BCUT2D eigenvalue weighted by molar-refractivity contribution is 6.34.